The fourth-order valence-electron chi connectivity index (χ4n) is 3.33. The van der Waals surface area contributed by atoms with Gasteiger partial charge in [-0.25, -0.2) is 0 Å². The van der Waals surface area contributed by atoms with Gasteiger partial charge in [-0.2, -0.15) is 13.2 Å². The van der Waals surface area contributed by atoms with Crippen LogP contribution in [-0.4, -0.2) is 32.3 Å². The highest BCUT2D eigenvalue weighted by atomic mass is 19.4. The molecule has 1 amide bonds. The third-order valence-corrected chi connectivity index (χ3v) is 4.72. The van der Waals surface area contributed by atoms with Crippen LogP contribution in [0.25, 0.3) is 0 Å². The van der Waals surface area contributed by atoms with Gasteiger partial charge in [-0.15, -0.1) is 0 Å². The summed E-state index contributed by atoms with van der Waals surface area (Å²) in [6.45, 7) is -0.986. The highest BCUT2D eigenvalue weighted by Crippen LogP contribution is 2.39. The van der Waals surface area contributed by atoms with E-state index < -0.39 is 12.8 Å². The van der Waals surface area contributed by atoms with E-state index in [4.69, 9.17) is 15.2 Å². The molecule has 1 aromatic rings. The van der Waals surface area contributed by atoms with Gasteiger partial charge in [0, 0.05) is 18.2 Å². The van der Waals surface area contributed by atoms with Gasteiger partial charge in [0.15, 0.2) is 18.1 Å². The van der Waals surface area contributed by atoms with Crippen molar-refractivity contribution < 1.29 is 27.4 Å². The topological polar surface area (TPSA) is 73.6 Å². The number of nitrogens with two attached hydrogens (primary N) is 1. The van der Waals surface area contributed by atoms with Crippen molar-refractivity contribution in [3.05, 3.63) is 18.2 Å². The smallest absolute Gasteiger partial charge is 0.422 e. The minimum absolute atomic E-state index is 0.0752. The van der Waals surface area contributed by atoms with Crippen molar-refractivity contribution in [3.63, 3.8) is 0 Å². The Morgan fingerprint density at radius 2 is 1.92 bits per heavy atom. The van der Waals surface area contributed by atoms with Gasteiger partial charge in [0.1, 0.15) is 0 Å². The number of carbonyl (C=O) groups is 1. The molecule has 0 aromatic heterocycles. The Balaban J connectivity index is 2.04. The molecule has 0 atom stereocenters. The zero-order valence-corrected chi connectivity index (χ0v) is 14.8. The van der Waals surface area contributed by atoms with Crippen molar-refractivity contribution in [1.29, 1.82) is 0 Å². The lowest BCUT2D eigenvalue weighted by molar-refractivity contribution is -0.153. The number of rotatable bonds is 7. The van der Waals surface area contributed by atoms with Crippen molar-refractivity contribution in [2.45, 2.75) is 44.7 Å². The fourth-order valence-corrected chi connectivity index (χ4v) is 3.33. The van der Waals surface area contributed by atoms with Crippen LogP contribution in [0.4, 0.5) is 18.9 Å². The third kappa shape index (κ3) is 5.79. The van der Waals surface area contributed by atoms with Crippen molar-refractivity contribution in [2.75, 3.05) is 25.6 Å². The Morgan fingerprint density at radius 1 is 1.23 bits per heavy atom. The maximum atomic E-state index is 12.4. The van der Waals surface area contributed by atoms with Gasteiger partial charge in [0.25, 0.3) is 0 Å². The SMILES string of the molecule is COc1ccc(NC(=O)CC2(CN)CCCCC2)cc1OCC(F)(F)F. The van der Waals surface area contributed by atoms with Gasteiger partial charge in [0.05, 0.1) is 7.11 Å². The van der Waals surface area contributed by atoms with Crippen LogP contribution in [0.5, 0.6) is 11.5 Å². The van der Waals surface area contributed by atoms with Gasteiger partial charge >= 0.3 is 6.18 Å². The number of amides is 1. The fraction of sp³-hybridized carbons (Fsp3) is 0.611. The summed E-state index contributed by atoms with van der Waals surface area (Å²) in [6, 6.07) is 4.35. The van der Waals surface area contributed by atoms with E-state index in [1.54, 1.807) is 6.07 Å². The largest absolute Gasteiger partial charge is 0.493 e. The van der Waals surface area contributed by atoms with Crippen LogP contribution in [0.3, 0.4) is 0 Å². The minimum atomic E-state index is -4.46. The summed E-state index contributed by atoms with van der Waals surface area (Å²) in [5.41, 5.74) is 6.07. The monoisotopic (exact) mass is 374 g/mol. The first-order valence-corrected chi connectivity index (χ1v) is 8.64. The second kappa shape index (κ2) is 8.62. The van der Waals surface area contributed by atoms with E-state index >= 15 is 0 Å². The molecule has 1 aliphatic rings. The first-order valence-electron chi connectivity index (χ1n) is 8.64. The number of anilines is 1. The molecular formula is C18H25F3N2O3. The van der Waals surface area contributed by atoms with Crippen LogP contribution in [0.1, 0.15) is 38.5 Å². The summed E-state index contributed by atoms with van der Waals surface area (Å²) >= 11 is 0. The van der Waals surface area contributed by atoms with E-state index in [-0.39, 0.29) is 22.8 Å². The maximum absolute atomic E-state index is 12.4. The average molecular weight is 374 g/mol. The molecule has 0 bridgehead atoms. The maximum Gasteiger partial charge on any atom is 0.422 e. The highest BCUT2D eigenvalue weighted by molar-refractivity contribution is 5.91. The molecular weight excluding hydrogens is 349 g/mol. The molecule has 0 spiro atoms. The molecule has 0 aliphatic heterocycles. The number of methoxy groups -OCH3 is 1. The van der Waals surface area contributed by atoms with Gasteiger partial charge in [-0.05, 0) is 36.9 Å². The molecule has 0 radical (unpaired) electrons. The van der Waals surface area contributed by atoms with Gasteiger partial charge in [0.2, 0.25) is 5.91 Å². The number of hydrogen-bond acceptors (Lipinski definition) is 4. The lowest BCUT2D eigenvalue weighted by atomic mass is 9.71. The van der Waals surface area contributed by atoms with E-state index in [9.17, 15) is 18.0 Å². The Hall–Kier alpha value is -1.96. The van der Waals surface area contributed by atoms with E-state index in [0.717, 1.165) is 32.1 Å². The summed E-state index contributed by atoms with van der Waals surface area (Å²) in [5, 5.41) is 2.73. The zero-order valence-electron chi connectivity index (χ0n) is 14.8. The van der Waals surface area contributed by atoms with E-state index in [1.165, 1.54) is 19.2 Å². The molecule has 1 saturated carbocycles. The molecule has 8 heteroatoms. The lowest BCUT2D eigenvalue weighted by Crippen LogP contribution is -2.36. The van der Waals surface area contributed by atoms with Crippen LogP contribution in [0, 0.1) is 5.41 Å². The van der Waals surface area contributed by atoms with E-state index in [1.807, 2.05) is 0 Å². The highest BCUT2D eigenvalue weighted by Gasteiger charge is 2.33. The number of ether oxygens (including phenoxy) is 2. The van der Waals surface area contributed by atoms with Gasteiger partial charge < -0.3 is 20.5 Å². The zero-order chi connectivity index (χ0) is 19.2. The normalized spacial score (nSPS) is 16.8. The first kappa shape index (κ1) is 20.4. The predicted octanol–water partition coefficient (Wildman–Crippen LogP) is 3.87. The van der Waals surface area contributed by atoms with E-state index in [2.05, 4.69) is 5.32 Å². The number of alkyl halides is 3. The molecule has 1 aliphatic carbocycles. The second-order valence-electron chi connectivity index (χ2n) is 6.76. The second-order valence-corrected chi connectivity index (χ2v) is 6.76. The summed E-state index contributed by atoms with van der Waals surface area (Å²) < 4.78 is 46.9. The van der Waals surface area contributed by atoms with E-state index in [0.29, 0.717) is 18.7 Å². The molecule has 0 unspecified atom stereocenters. The number of halogens is 3. The molecule has 1 fully saturated rings. The van der Waals surface area contributed by atoms with Crippen molar-refractivity contribution in [1.82, 2.24) is 0 Å². The Labute approximate surface area is 151 Å². The number of benzene rings is 1. The third-order valence-electron chi connectivity index (χ3n) is 4.72. The summed E-state index contributed by atoms with van der Waals surface area (Å²) in [4.78, 5) is 12.4. The van der Waals surface area contributed by atoms with Crippen LogP contribution >= 0.6 is 0 Å². The minimum Gasteiger partial charge on any atom is -0.493 e. The Kier molecular flexibility index (Phi) is 6.75. The van der Waals surface area contributed by atoms with Crippen molar-refractivity contribution in [3.8, 4) is 11.5 Å². The van der Waals surface area contributed by atoms with Crippen molar-refractivity contribution >= 4 is 11.6 Å². The number of hydrogen-bond donors (Lipinski definition) is 2. The molecule has 0 heterocycles. The summed E-state index contributed by atoms with van der Waals surface area (Å²) in [5.74, 6) is -0.115. The first-order chi connectivity index (χ1) is 12.3. The standard InChI is InChI=1S/C18H25F3N2O3/c1-25-14-6-5-13(9-15(14)26-12-18(19,20)21)23-16(24)10-17(11-22)7-3-2-4-8-17/h5-6,9H,2-4,7-8,10-12,22H2,1H3,(H,23,24). The molecule has 2 rings (SSSR count). The summed E-state index contributed by atoms with van der Waals surface area (Å²) in [6.07, 6.45) is 0.943. The number of nitrogens with one attached hydrogen (secondary N) is 1. The molecule has 146 valence electrons. The van der Waals surface area contributed by atoms with Crippen LogP contribution in [0.2, 0.25) is 0 Å². The molecule has 26 heavy (non-hydrogen) atoms. The van der Waals surface area contributed by atoms with Crippen LogP contribution in [0.15, 0.2) is 18.2 Å². The summed E-state index contributed by atoms with van der Waals surface area (Å²) in [7, 11) is 1.34. The molecule has 0 saturated heterocycles. The Morgan fingerprint density at radius 3 is 2.50 bits per heavy atom. The van der Waals surface area contributed by atoms with Crippen molar-refractivity contribution in [2.24, 2.45) is 11.1 Å². The van der Waals surface area contributed by atoms with Crippen LogP contribution in [-0.2, 0) is 4.79 Å². The molecule has 5 nitrogen and oxygen atoms in total. The Bertz CT molecular complexity index is 614. The molecule has 1 aromatic carbocycles. The predicted molar refractivity (Wildman–Crippen MR) is 92.4 cm³/mol. The van der Waals surface area contributed by atoms with Crippen LogP contribution < -0.4 is 20.5 Å². The molecule has 3 N–H and O–H groups in total. The van der Waals surface area contributed by atoms with Gasteiger partial charge in [-0.1, -0.05) is 19.3 Å². The average Bonchev–Trinajstić information content (AvgIpc) is 2.60. The number of carbonyl (C=O) groups excluding carboxylic acids is 1. The van der Waals surface area contributed by atoms with Gasteiger partial charge in [-0.3, -0.25) is 4.79 Å². The quantitative estimate of drug-likeness (QED) is 0.760. The lowest BCUT2D eigenvalue weighted by Gasteiger charge is -2.35.